The zero-order valence-electron chi connectivity index (χ0n) is 20.1. The Bertz CT molecular complexity index is 1040. The predicted molar refractivity (Wildman–Crippen MR) is 130 cm³/mol. The van der Waals surface area contributed by atoms with Crippen molar-refractivity contribution < 1.29 is 17.4 Å². The van der Waals surface area contributed by atoms with Crippen LogP contribution < -0.4 is 4.18 Å². The van der Waals surface area contributed by atoms with Crippen LogP contribution in [0.25, 0.3) is 0 Å². The van der Waals surface area contributed by atoms with E-state index < -0.39 is 10.1 Å². The molecule has 0 amide bonds. The highest BCUT2D eigenvalue weighted by Crippen LogP contribution is 2.44. The number of hydrogen-bond donors (Lipinski definition) is 0. The molecule has 31 heavy (non-hydrogen) atoms. The summed E-state index contributed by atoms with van der Waals surface area (Å²) >= 11 is 1.80. The first-order valence-corrected chi connectivity index (χ1v) is 13.5. The third kappa shape index (κ3) is 5.98. The highest BCUT2D eigenvalue weighted by atomic mass is 32.2. The van der Waals surface area contributed by atoms with Gasteiger partial charge in [0.1, 0.15) is 11.5 Å². The summed E-state index contributed by atoms with van der Waals surface area (Å²) in [7, 11) is -3.56. The van der Waals surface area contributed by atoms with Gasteiger partial charge in [0.05, 0.1) is 6.26 Å². The minimum absolute atomic E-state index is 0.157. The number of aryl methyl sites for hydroxylation is 3. The molecular formula is C25H36O4S2. The first-order chi connectivity index (χ1) is 14.2. The molecule has 1 heterocycles. The van der Waals surface area contributed by atoms with E-state index >= 15 is 0 Å². The van der Waals surface area contributed by atoms with E-state index in [0.29, 0.717) is 12.2 Å². The molecule has 1 aromatic heterocycles. The second-order valence-electron chi connectivity index (χ2n) is 9.45. The molecule has 0 aliphatic rings. The lowest BCUT2D eigenvalue weighted by molar-refractivity contribution is -0.126. The molecule has 0 spiro atoms. The minimum atomic E-state index is -3.56. The maximum absolute atomic E-state index is 12.4. The molecule has 2 aromatic rings. The number of thiophene rings is 1. The molecule has 0 fully saturated rings. The van der Waals surface area contributed by atoms with E-state index in [1.165, 1.54) is 15.3 Å². The number of Topliss-reactive ketones (excluding diaryl/α,β-unsaturated/α-hetero) is 1. The van der Waals surface area contributed by atoms with Gasteiger partial charge in [0.2, 0.25) is 0 Å². The Labute approximate surface area is 192 Å². The molecule has 0 bridgehead atoms. The number of carbonyl (C=O) groups excluding carboxylic acids is 1. The van der Waals surface area contributed by atoms with Gasteiger partial charge < -0.3 is 4.18 Å². The molecule has 0 saturated carbocycles. The molecule has 172 valence electrons. The average Bonchev–Trinajstić information content (AvgIpc) is 3.02. The molecule has 2 rings (SSSR count). The molecule has 0 radical (unpaired) electrons. The molecule has 0 saturated heterocycles. The summed E-state index contributed by atoms with van der Waals surface area (Å²) in [5.74, 6) is 0.660. The second-order valence-corrected chi connectivity index (χ2v) is 12.2. The normalized spacial score (nSPS) is 12.8. The van der Waals surface area contributed by atoms with Crippen molar-refractivity contribution in [3.8, 4) is 5.75 Å². The number of hydrogen-bond acceptors (Lipinski definition) is 5. The van der Waals surface area contributed by atoms with E-state index in [9.17, 15) is 13.2 Å². The van der Waals surface area contributed by atoms with E-state index in [4.69, 9.17) is 4.18 Å². The lowest BCUT2D eigenvalue weighted by Gasteiger charge is -2.32. The Morgan fingerprint density at radius 1 is 1.03 bits per heavy atom. The fraction of sp³-hybridized carbons (Fsp3) is 0.560. The van der Waals surface area contributed by atoms with Crippen molar-refractivity contribution in [3.05, 3.63) is 50.7 Å². The van der Waals surface area contributed by atoms with Crippen molar-refractivity contribution in [1.29, 1.82) is 0 Å². The minimum Gasteiger partial charge on any atom is -0.382 e. The monoisotopic (exact) mass is 464 g/mol. The van der Waals surface area contributed by atoms with Gasteiger partial charge >= 0.3 is 10.1 Å². The number of rotatable bonds is 9. The van der Waals surface area contributed by atoms with Gasteiger partial charge in [0.15, 0.2) is 0 Å². The fourth-order valence-corrected chi connectivity index (χ4v) is 6.00. The Morgan fingerprint density at radius 2 is 1.65 bits per heavy atom. The van der Waals surface area contributed by atoms with Crippen LogP contribution in [0.3, 0.4) is 0 Å². The van der Waals surface area contributed by atoms with Crippen LogP contribution in [-0.4, -0.2) is 20.5 Å². The summed E-state index contributed by atoms with van der Waals surface area (Å²) in [6, 6.07) is 8.06. The van der Waals surface area contributed by atoms with Gasteiger partial charge in [-0.25, -0.2) is 0 Å². The van der Waals surface area contributed by atoms with Gasteiger partial charge in [-0.2, -0.15) is 8.42 Å². The molecule has 0 aliphatic carbocycles. The van der Waals surface area contributed by atoms with Crippen molar-refractivity contribution in [2.45, 2.75) is 79.6 Å². The lowest BCUT2D eigenvalue weighted by atomic mass is 9.74. The molecular weight excluding hydrogens is 428 g/mol. The van der Waals surface area contributed by atoms with Crippen molar-refractivity contribution in [3.63, 3.8) is 0 Å². The van der Waals surface area contributed by atoms with Gasteiger partial charge in [0.25, 0.3) is 0 Å². The van der Waals surface area contributed by atoms with E-state index in [-0.39, 0.29) is 16.6 Å². The molecule has 4 nitrogen and oxygen atoms in total. The van der Waals surface area contributed by atoms with E-state index in [0.717, 1.165) is 36.6 Å². The number of ketones is 1. The Morgan fingerprint density at radius 3 is 2.13 bits per heavy atom. The van der Waals surface area contributed by atoms with Gasteiger partial charge in [0, 0.05) is 27.0 Å². The summed E-state index contributed by atoms with van der Waals surface area (Å²) in [6.07, 6.45) is 4.25. The SMILES string of the molecule is CCC(CC)(c1ccc(OS(C)(=O)=O)c(C)c1)c1cc(C)c(CCC(=O)C(C)(C)C)s1. The van der Waals surface area contributed by atoms with Crippen LogP contribution in [-0.2, 0) is 26.7 Å². The third-order valence-corrected chi connectivity index (χ3v) is 8.07. The van der Waals surface area contributed by atoms with Crippen molar-refractivity contribution in [1.82, 2.24) is 0 Å². The van der Waals surface area contributed by atoms with Crippen molar-refractivity contribution in [2.75, 3.05) is 6.26 Å². The average molecular weight is 465 g/mol. The lowest BCUT2D eigenvalue weighted by Crippen LogP contribution is -2.25. The smallest absolute Gasteiger partial charge is 0.306 e. The number of benzene rings is 1. The molecule has 0 atom stereocenters. The molecule has 0 aliphatic heterocycles. The molecule has 0 N–H and O–H groups in total. The van der Waals surface area contributed by atoms with Crippen LogP contribution in [0.1, 0.15) is 80.3 Å². The van der Waals surface area contributed by atoms with E-state index in [2.05, 4.69) is 26.8 Å². The van der Waals surface area contributed by atoms with Crippen LogP contribution in [0.15, 0.2) is 24.3 Å². The fourth-order valence-electron chi connectivity index (χ4n) is 3.96. The predicted octanol–water partition coefficient (Wildman–Crippen LogP) is 6.36. The zero-order chi connectivity index (χ0) is 23.6. The largest absolute Gasteiger partial charge is 0.382 e. The van der Waals surface area contributed by atoms with Gasteiger partial charge in [-0.3, -0.25) is 4.79 Å². The quantitative estimate of drug-likeness (QED) is 0.405. The van der Waals surface area contributed by atoms with Crippen LogP contribution in [0.4, 0.5) is 0 Å². The van der Waals surface area contributed by atoms with Gasteiger partial charge in [-0.15, -0.1) is 11.3 Å². The standard InChI is InChI=1S/C25H36O4S2/c1-9-25(10-2,19-11-12-20(17(3)15-19)29-31(8,27)28)23-16-18(4)21(30-23)13-14-22(26)24(5,6)7/h11-12,15-16H,9-10,13-14H2,1-8H3. The first-order valence-electron chi connectivity index (χ1n) is 10.9. The number of carbonyl (C=O) groups is 1. The van der Waals surface area contributed by atoms with Gasteiger partial charge in [-0.05, 0) is 61.9 Å². The first kappa shape index (κ1) is 25.6. The Kier molecular flexibility index (Phi) is 7.81. The van der Waals surface area contributed by atoms with Crippen LogP contribution >= 0.6 is 11.3 Å². The van der Waals surface area contributed by atoms with Crippen LogP contribution in [0.2, 0.25) is 0 Å². The van der Waals surface area contributed by atoms with Crippen LogP contribution in [0, 0.1) is 19.3 Å². The van der Waals surface area contributed by atoms with E-state index in [1.807, 2.05) is 39.8 Å². The maximum atomic E-state index is 12.4. The zero-order valence-corrected chi connectivity index (χ0v) is 21.7. The van der Waals surface area contributed by atoms with Crippen LogP contribution in [0.5, 0.6) is 5.75 Å². The molecule has 1 aromatic carbocycles. The summed E-state index contributed by atoms with van der Waals surface area (Å²) in [5, 5.41) is 0. The third-order valence-electron chi connectivity index (χ3n) is 6.08. The summed E-state index contributed by atoms with van der Waals surface area (Å²) < 4.78 is 28.2. The topological polar surface area (TPSA) is 60.4 Å². The summed E-state index contributed by atoms with van der Waals surface area (Å²) in [4.78, 5) is 15.0. The Balaban J connectivity index is 2.41. The van der Waals surface area contributed by atoms with Gasteiger partial charge in [-0.1, -0.05) is 46.8 Å². The molecule has 0 unspecified atom stereocenters. The molecule has 6 heteroatoms. The summed E-state index contributed by atoms with van der Waals surface area (Å²) in [5.41, 5.74) is 2.74. The van der Waals surface area contributed by atoms with Crippen molar-refractivity contribution >= 4 is 27.2 Å². The maximum Gasteiger partial charge on any atom is 0.306 e. The van der Waals surface area contributed by atoms with E-state index in [1.54, 1.807) is 17.4 Å². The second kappa shape index (κ2) is 9.45. The Hall–Kier alpha value is -1.66. The highest BCUT2D eigenvalue weighted by molar-refractivity contribution is 7.86. The summed E-state index contributed by atoms with van der Waals surface area (Å²) in [6.45, 7) is 14.3. The van der Waals surface area contributed by atoms with Crippen molar-refractivity contribution in [2.24, 2.45) is 5.41 Å². The highest BCUT2D eigenvalue weighted by Gasteiger charge is 2.33.